The predicted octanol–water partition coefficient (Wildman–Crippen LogP) is 4.34. The molecule has 0 amide bonds. The minimum atomic E-state index is -0.545. The van der Waals surface area contributed by atoms with E-state index < -0.39 is 6.17 Å². The van der Waals surface area contributed by atoms with Gasteiger partial charge in [-0.15, -0.1) is 0 Å². The van der Waals surface area contributed by atoms with E-state index in [1.807, 2.05) is 20.8 Å². The Hall–Kier alpha value is -0.0700. The van der Waals surface area contributed by atoms with Crippen molar-refractivity contribution in [3.63, 3.8) is 0 Å². The Morgan fingerprint density at radius 2 is 1.64 bits per heavy atom. The van der Waals surface area contributed by atoms with E-state index in [9.17, 15) is 4.39 Å². The Labute approximate surface area is 71.2 Å². The zero-order valence-electron chi connectivity index (χ0n) is 8.49. The molecule has 0 saturated heterocycles. The number of unbranched alkanes of at least 4 members (excludes halogenated alkanes) is 2. The molecule has 1 heteroatoms. The number of hydrogen-bond donors (Lipinski definition) is 0. The molecule has 70 valence electrons. The summed E-state index contributed by atoms with van der Waals surface area (Å²) in [5.41, 5.74) is 0. The first-order valence-electron chi connectivity index (χ1n) is 4.95. The summed E-state index contributed by atoms with van der Waals surface area (Å²) in [6, 6.07) is 0. The van der Waals surface area contributed by atoms with Gasteiger partial charge in [0.2, 0.25) is 0 Å². The van der Waals surface area contributed by atoms with Crippen LogP contribution in [0, 0.1) is 0 Å². The van der Waals surface area contributed by atoms with E-state index in [0.717, 1.165) is 12.8 Å². The van der Waals surface area contributed by atoms with E-state index in [1.165, 1.54) is 12.8 Å². The summed E-state index contributed by atoms with van der Waals surface area (Å²) in [7, 11) is 0. The molecule has 1 atom stereocenters. The highest BCUT2D eigenvalue weighted by Gasteiger charge is 2.00. The number of rotatable bonds is 5. The van der Waals surface area contributed by atoms with Crippen LogP contribution in [0.15, 0.2) is 0 Å². The van der Waals surface area contributed by atoms with E-state index in [2.05, 4.69) is 6.92 Å². The Morgan fingerprint density at radius 1 is 1.09 bits per heavy atom. The van der Waals surface area contributed by atoms with E-state index in [1.54, 1.807) is 0 Å². The van der Waals surface area contributed by atoms with E-state index in [4.69, 9.17) is 0 Å². The van der Waals surface area contributed by atoms with Crippen molar-refractivity contribution in [3.8, 4) is 0 Å². The quantitative estimate of drug-likeness (QED) is 0.527. The van der Waals surface area contributed by atoms with Gasteiger partial charge in [0.1, 0.15) is 0 Å². The molecule has 0 fully saturated rings. The lowest BCUT2D eigenvalue weighted by atomic mass is 10.1. The average molecular weight is 162 g/mol. The third-order valence-electron chi connectivity index (χ3n) is 1.56. The van der Waals surface area contributed by atoms with Crippen molar-refractivity contribution in [2.45, 2.75) is 66.0 Å². The molecular formula is C10H23F. The topological polar surface area (TPSA) is 0 Å². The Kier molecular flexibility index (Phi) is 15.5. The predicted molar refractivity (Wildman–Crippen MR) is 50.7 cm³/mol. The highest BCUT2D eigenvalue weighted by Crippen LogP contribution is 2.08. The smallest absolute Gasteiger partial charge is 0.0999 e. The molecule has 0 N–H and O–H groups in total. The molecule has 0 saturated carbocycles. The molecular weight excluding hydrogens is 139 g/mol. The second kappa shape index (κ2) is 12.6. The Balaban J connectivity index is 0. The summed E-state index contributed by atoms with van der Waals surface area (Å²) in [4.78, 5) is 0. The van der Waals surface area contributed by atoms with E-state index in [-0.39, 0.29) is 0 Å². The van der Waals surface area contributed by atoms with Gasteiger partial charge >= 0.3 is 0 Å². The van der Waals surface area contributed by atoms with Gasteiger partial charge in [0.25, 0.3) is 0 Å². The molecule has 0 nitrogen and oxygen atoms in total. The summed E-state index contributed by atoms with van der Waals surface area (Å²) in [5, 5.41) is 0. The zero-order valence-corrected chi connectivity index (χ0v) is 8.49. The van der Waals surface area contributed by atoms with Gasteiger partial charge in [0.05, 0.1) is 6.17 Å². The van der Waals surface area contributed by atoms with Gasteiger partial charge in [-0.2, -0.15) is 0 Å². The van der Waals surface area contributed by atoms with Crippen LogP contribution in [-0.2, 0) is 0 Å². The summed E-state index contributed by atoms with van der Waals surface area (Å²) < 4.78 is 12.5. The Morgan fingerprint density at radius 3 is 2.00 bits per heavy atom. The lowest BCUT2D eigenvalue weighted by Crippen LogP contribution is -1.96. The molecule has 0 aromatic heterocycles. The fourth-order valence-corrected chi connectivity index (χ4v) is 0.820. The molecule has 0 bridgehead atoms. The van der Waals surface area contributed by atoms with Crippen LogP contribution in [0.1, 0.15) is 59.8 Å². The van der Waals surface area contributed by atoms with Crippen LogP contribution in [0.2, 0.25) is 0 Å². The van der Waals surface area contributed by atoms with Crippen molar-refractivity contribution in [1.82, 2.24) is 0 Å². The lowest BCUT2D eigenvalue weighted by Gasteiger charge is -2.01. The second-order valence-corrected chi connectivity index (χ2v) is 2.50. The first-order chi connectivity index (χ1) is 5.31. The van der Waals surface area contributed by atoms with Crippen LogP contribution >= 0.6 is 0 Å². The zero-order chi connectivity index (χ0) is 9.11. The molecule has 0 aliphatic heterocycles. The van der Waals surface area contributed by atoms with Crippen LogP contribution in [-0.4, -0.2) is 6.17 Å². The maximum Gasteiger partial charge on any atom is 0.0999 e. The van der Waals surface area contributed by atoms with Gasteiger partial charge in [-0.3, -0.25) is 0 Å². The second-order valence-electron chi connectivity index (χ2n) is 2.50. The highest BCUT2D eigenvalue weighted by molar-refractivity contribution is 4.51. The molecule has 11 heavy (non-hydrogen) atoms. The number of alkyl halides is 1. The van der Waals surface area contributed by atoms with Crippen molar-refractivity contribution < 1.29 is 4.39 Å². The maximum atomic E-state index is 12.5. The molecule has 1 unspecified atom stereocenters. The summed E-state index contributed by atoms with van der Waals surface area (Å²) in [5.74, 6) is 0. The Bertz CT molecular complexity index is 52.8. The molecule has 0 aliphatic carbocycles. The number of halogens is 1. The van der Waals surface area contributed by atoms with Crippen LogP contribution in [0.25, 0.3) is 0 Å². The van der Waals surface area contributed by atoms with Crippen LogP contribution < -0.4 is 0 Å². The maximum absolute atomic E-state index is 12.5. The van der Waals surface area contributed by atoms with Crippen LogP contribution in [0.3, 0.4) is 0 Å². The van der Waals surface area contributed by atoms with Gasteiger partial charge in [0, 0.05) is 0 Å². The van der Waals surface area contributed by atoms with Crippen LogP contribution in [0.4, 0.5) is 4.39 Å². The lowest BCUT2D eigenvalue weighted by molar-refractivity contribution is 0.297. The van der Waals surface area contributed by atoms with Crippen LogP contribution in [0.5, 0.6) is 0 Å². The van der Waals surface area contributed by atoms with Crippen molar-refractivity contribution in [3.05, 3.63) is 0 Å². The third kappa shape index (κ3) is 13.0. The normalized spacial score (nSPS) is 11.7. The molecule has 0 aromatic carbocycles. The highest BCUT2D eigenvalue weighted by atomic mass is 19.1. The standard InChI is InChI=1S/C8H17F.C2H6/c1-3-5-6-7-8(9)4-2;1-2/h8H,3-7H2,1-2H3;1-2H3. The average Bonchev–Trinajstić information content (AvgIpc) is 2.08. The van der Waals surface area contributed by atoms with Gasteiger partial charge in [-0.1, -0.05) is 47.0 Å². The molecule has 0 aliphatic rings. The van der Waals surface area contributed by atoms with Crippen molar-refractivity contribution in [2.75, 3.05) is 0 Å². The molecule has 0 spiro atoms. The SMILES string of the molecule is CC.CCCCCC(F)CC. The monoisotopic (exact) mass is 162 g/mol. The van der Waals surface area contributed by atoms with Gasteiger partial charge in [0.15, 0.2) is 0 Å². The van der Waals surface area contributed by atoms with Crippen molar-refractivity contribution in [2.24, 2.45) is 0 Å². The molecule has 0 heterocycles. The number of hydrogen-bond acceptors (Lipinski definition) is 0. The first-order valence-corrected chi connectivity index (χ1v) is 4.95. The van der Waals surface area contributed by atoms with Gasteiger partial charge in [-0.25, -0.2) is 4.39 Å². The summed E-state index contributed by atoms with van der Waals surface area (Å²) in [6.45, 7) is 8.04. The molecule has 0 rings (SSSR count). The largest absolute Gasteiger partial charge is 0.248 e. The summed E-state index contributed by atoms with van der Waals surface area (Å²) >= 11 is 0. The van der Waals surface area contributed by atoms with Gasteiger partial charge < -0.3 is 0 Å². The first kappa shape index (κ1) is 13.5. The van der Waals surface area contributed by atoms with Gasteiger partial charge in [-0.05, 0) is 12.8 Å². The fraction of sp³-hybridized carbons (Fsp3) is 1.00. The van der Waals surface area contributed by atoms with Crippen molar-refractivity contribution >= 4 is 0 Å². The third-order valence-corrected chi connectivity index (χ3v) is 1.56. The minimum Gasteiger partial charge on any atom is -0.248 e. The molecule has 0 aromatic rings. The van der Waals surface area contributed by atoms with E-state index in [0.29, 0.717) is 6.42 Å². The van der Waals surface area contributed by atoms with E-state index >= 15 is 0 Å². The molecule has 0 radical (unpaired) electrons. The fourth-order valence-electron chi connectivity index (χ4n) is 0.820. The summed E-state index contributed by atoms with van der Waals surface area (Å²) in [6.07, 6.45) is 4.34. The minimum absolute atomic E-state index is 0.545. The van der Waals surface area contributed by atoms with Crippen molar-refractivity contribution in [1.29, 1.82) is 0 Å².